The number of carbonyl (C=O) groups is 2. The van der Waals surface area contributed by atoms with Crippen LogP contribution in [-0.2, 0) is 9.59 Å². The Hall–Kier alpha value is -1.10. The molecule has 5 heteroatoms. The summed E-state index contributed by atoms with van der Waals surface area (Å²) >= 11 is 0. The first-order valence-corrected chi connectivity index (χ1v) is 7.03. The number of nitrogens with one attached hydrogen (secondary N) is 3. The average Bonchev–Trinajstić information content (AvgIpc) is 3.20. The topological polar surface area (TPSA) is 70.2 Å². The van der Waals surface area contributed by atoms with E-state index in [1.807, 2.05) is 0 Å². The van der Waals surface area contributed by atoms with Crippen molar-refractivity contribution in [1.29, 1.82) is 0 Å². The Morgan fingerprint density at radius 1 is 1.22 bits per heavy atom. The first-order chi connectivity index (χ1) is 8.75. The zero-order chi connectivity index (χ0) is 12.8. The molecule has 1 heterocycles. The van der Waals surface area contributed by atoms with Crippen LogP contribution in [0, 0.1) is 5.92 Å². The van der Waals surface area contributed by atoms with Crippen LogP contribution in [-0.4, -0.2) is 37.5 Å². The van der Waals surface area contributed by atoms with E-state index < -0.39 is 0 Å². The molecule has 1 aliphatic carbocycles. The SMILES string of the molecule is O=C(CCCNC(=O)C1CC1)NC1CCCNC1. The number of rotatable bonds is 6. The van der Waals surface area contributed by atoms with Gasteiger partial charge in [-0.15, -0.1) is 0 Å². The van der Waals surface area contributed by atoms with E-state index in [0.29, 0.717) is 13.0 Å². The maximum absolute atomic E-state index is 11.7. The molecule has 1 unspecified atom stereocenters. The van der Waals surface area contributed by atoms with Gasteiger partial charge in [-0.1, -0.05) is 0 Å². The maximum atomic E-state index is 11.7. The molecule has 102 valence electrons. The number of hydrogen-bond acceptors (Lipinski definition) is 3. The molecule has 0 aromatic rings. The fraction of sp³-hybridized carbons (Fsp3) is 0.846. The van der Waals surface area contributed by atoms with Gasteiger partial charge >= 0.3 is 0 Å². The number of piperidine rings is 1. The van der Waals surface area contributed by atoms with Crippen LogP contribution in [0.3, 0.4) is 0 Å². The lowest BCUT2D eigenvalue weighted by molar-refractivity contribution is -0.124. The summed E-state index contributed by atoms with van der Waals surface area (Å²) in [6, 6.07) is 0.285. The molecule has 2 rings (SSSR count). The van der Waals surface area contributed by atoms with E-state index in [2.05, 4.69) is 16.0 Å². The minimum Gasteiger partial charge on any atom is -0.356 e. The zero-order valence-electron chi connectivity index (χ0n) is 10.8. The molecule has 0 radical (unpaired) electrons. The van der Waals surface area contributed by atoms with Gasteiger partial charge in [0.05, 0.1) is 0 Å². The lowest BCUT2D eigenvalue weighted by Gasteiger charge is -2.23. The summed E-state index contributed by atoms with van der Waals surface area (Å²) in [7, 11) is 0. The monoisotopic (exact) mass is 253 g/mol. The van der Waals surface area contributed by atoms with E-state index in [-0.39, 0.29) is 23.8 Å². The lowest BCUT2D eigenvalue weighted by Crippen LogP contribution is -2.45. The molecule has 1 saturated carbocycles. The van der Waals surface area contributed by atoms with Gasteiger partial charge in [0.25, 0.3) is 0 Å². The normalized spacial score (nSPS) is 23.4. The Kier molecular flexibility index (Phi) is 4.99. The van der Waals surface area contributed by atoms with Crippen molar-refractivity contribution in [2.75, 3.05) is 19.6 Å². The van der Waals surface area contributed by atoms with Crippen molar-refractivity contribution in [3.05, 3.63) is 0 Å². The van der Waals surface area contributed by atoms with Crippen molar-refractivity contribution in [3.8, 4) is 0 Å². The van der Waals surface area contributed by atoms with Crippen LogP contribution >= 0.6 is 0 Å². The molecule has 3 N–H and O–H groups in total. The van der Waals surface area contributed by atoms with Crippen molar-refractivity contribution >= 4 is 11.8 Å². The summed E-state index contributed by atoms with van der Waals surface area (Å²) in [4.78, 5) is 23.0. The van der Waals surface area contributed by atoms with E-state index in [1.165, 1.54) is 0 Å². The van der Waals surface area contributed by atoms with Crippen LogP contribution in [0.15, 0.2) is 0 Å². The third kappa shape index (κ3) is 4.64. The molecule has 0 aromatic heterocycles. The summed E-state index contributed by atoms with van der Waals surface area (Å²) in [6.45, 7) is 2.55. The van der Waals surface area contributed by atoms with Crippen LogP contribution in [0.25, 0.3) is 0 Å². The van der Waals surface area contributed by atoms with Crippen LogP contribution in [0.1, 0.15) is 38.5 Å². The zero-order valence-corrected chi connectivity index (χ0v) is 10.8. The van der Waals surface area contributed by atoms with Crippen molar-refractivity contribution < 1.29 is 9.59 Å². The number of carbonyl (C=O) groups excluding carboxylic acids is 2. The van der Waals surface area contributed by atoms with Gasteiger partial charge in [-0.05, 0) is 38.6 Å². The van der Waals surface area contributed by atoms with Crippen molar-refractivity contribution in [1.82, 2.24) is 16.0 Å². The van der Waals surface area contributed by atoms with Gasteiger partial charge in [0.1, 0.15) is 0 Å². The Bertz CT molecular complexity index is 297. The highest BCUT2D eigenvalue weighted by atomic mass is 16.2. The van der Waals surface area contributed by atoms with Gasteiger partial charge < -0.3 is 16.0 Å². The number of hydrogen-bond donors (Lipinski definition) is 3. The van der Waals surface area contributed by atoms with Crippen LogP contribution in [0.5, 0.6) is 0 Å². The van der Waals surface area contributed by atoms with E-state index in [4.69, 9.17) is 0 Å². The Morgan fingerprint density at radius 2 is 2.06 bits per heavy atom. The molecule has 2 amide bonds. The summed E-state index contributed by atoms with van der Waals surface area (Å²) in [6.07, 6.45) is 5.48. The minimum absolute atomic E-state index is 0.101. The van der Waals surface area contributed by atoms with Crippen molar-refractivity contribution in [2.24, 2.45) is 5.92 Å². The van der Waals surface area contributed by atoms with Crippen molar-refractivity contribution in [3.63, 3.8) is 0 Å². The molecule has 0 bridgehead atoms. The van der Waals surface area contributed by atoms with E-state index in [1.54, 1.807) is 0 Å². The highest BCUT2D eigenvalue weighted by Gasteiger charge is 2.29. The predicted molar refractivity (Wildman–Crippen MR) is 69.0 cm³/mol. The highest BCUT2D eigenvalue weighted by Crippen LogP contribution is 2.28. The van der Waals surface area contributed by atoms with Gasteiger partial charge in [0, 0.05) is 31.5 Å². The Labute approximate surface area is 108 Å². The largest absolute Gasteiger partial charge is 0.356 e. The minimum atomic E-state index is 0.101. The molecular formula is C13H23N3O2. The molecular weight excluding hydrogens is 230 g/mol. The van der Waals surface area contributed by atoms with Crippen LogP contribution in [0.2, 0.25) is 0 Å². The first-order valence-electron chi connectivity index (χ1n) is 7.03. The number of amides is 2. The Morgan fingerprint density at radius 3 is 2.72 bits per heavy atom. The smallest absolute Gasteiger partial charge is 0.223 e. The molecule has 2 aliphatic rings. The van der Waals surface area contributed by atoms with E-state index >= 15 is 0 Å². The van der Waals surface area contributed by atoms with Crippen LogP contribution in [0.4, 0.5) is 0 Å². The molecule has 1 saturated heterocycles. The molecule has 0 aromatic carbocycles. The third-order valence-electron chi connectivity index (χ3n) is 3.49. The third-order valence-corrected chi connectivity index (χ3v) is 3.49. The van der Waals surface area contributed by atoms with Gasteiger partial charge in [-0.2, -0.15) is 0 Å². The average molecular weight is 253 g/mol. The molecule has 1 aliphatic heterocycles. The second kappa shape index (κ2) is 6.73. The quantitative estimate of drug-likeness (QED) is 0.591. The van der Waals surface area contributed by atoms with E-state index in [0.717, 1.165) is 45.2 Å². The van der Waals surface area contributed by atoms with Gasteiger partial charge in [-0.25, -0.2) is 0 Å². The Balaban J connectivity index is 1.49. The fourth-order valence-electron chi connectivity index (χ4n) is 2.23. The second-order valence-corrected chi connectivity index (χ2v) is 5.28. The summed E-state index contributed by atoms with van der Waals surface area (Å²) in [5, 5.41) is 9.17. The predicted octanol–water partition coefficient (Wildman–Crippen LogP) is 0.161. The van der Waals surface area contributed by atoms with Gasteiger partial charge in [0.15, 0.2) is 0 Å². The second-order valence-electron chi connectivity index (χ2n) is 5.28. The lowest BCUT2D eigenvalue weighted by atomic mass is 10.1. The summed E-state index contributed by atoms with van der Waals surface area (Å²) in [5.41, 5.74) is 0. The summed E-state index contributed by atoms with van der Waals surface area (Å²) < 4.78 is 0. The van der Waals surface area contributed by atoms with E-state index in [9.17, 15) is 9.59 Å². The molecule has 2 fully saturated rings. The van der Waals surface area contributed by atoms with Crippen LogP contribution < -0.4 is 16.0 Å². The molecule has 1 atom stereocenters. The molecule has 0 spiro atoms. The van der Waals surface area contributed by atoms with Gasteiger partial charge in [0.2, 0.25) is 11.8 Å². The highest BCUT2D eigenvalue weighted by molar-refractivity contribution is 5.81. The first kappa shape index (κ1) is 13.3. The maximum Gasteiger partial charge on any atom is 0.223 e. The van der Waals surface area contributed by atoms with Crippen molar-refractivity contribution in [2.45, 2.75) is 44.6 Å². The van der Waals surface area contributed by atoms with Gasteiger partial charge in [-0.3, -0.25) is 9.59 Å². The summed E-state index contributed by atoms with van der Waals surface area (Å²) in [5.74, 6) is 0.517. The fourth-order valence-corrected chi connectivity index (χ4v) is 2.23. The molecule has 18 heavy (non-hydrogen) atoms. The standard InChI is InChI=1S/C13H23N3O2/c17-12(16-11-3-1-7-14-9-11)4-2-8-15-13(18)10-5-6-10/h10-11,14H,1-9H2,(H,15,18)(H,16,17). The molecule has 5 nitrogen and oxygen atoms in total.